The molecule has 0 saturated heterocycles. The van der Waals surface area contributed by atoms with Gasteiger partial charge in [0.05, 0.1) is 7.11 Å². The van der Waals surface area contributed by atoms with Crippen molar-refractivity contribution in [3.63, 3.8) is 0 Å². The Labute approximate surface area is 144 Å². The first-order valence-corrected chi connectivity index (χ1v) is 7.73. The van der Waals surface area contributed by atoms with Crippen molar-refractivity contribution < 1.29 is 18.7 Å². The van der Waals surface area contributed by atoms with Crippen molar-refractivity contribution in [3.8, 4) is 5.75 Å². The van der Waals surface area contributed by atoms with Crippen LogP contribution < -0.4 is 10.1 Å². The second-order valence-electron chi connectivity index (χ2n) is 5.49. The molecule has 0 bridgehead atoms. The summed E-state index contributed by atoms with van der Waals surface area (Å²) in [7, 11) is 1.56. The Morgan fingerprint density at radius 1 is 1.12 bits per heavy atom. The summed E-state index contributed by atoms with van der Waals surface area (Å²) >= 11 is 0. The van der Waals surface area contributed by atoms with Crippen LogP contribution in [0.1, 0.15) is 23.0 Å². The number of furan rings is 1. The van der Waals surface area contributed by atoms with Crippen molar-refractivity contribution in [1.29, 1.82) is 0 Å². The van der Waals surface area contributed by atoms with Crippen molar-refractivity contribution in [1.82, 2.24) is 0 Å². The van der Waals surface area contributed by atoms with E-state index in [1.54, 1.807) is 37.5 Å². The third-order valence-electron chi connectivity index (χ3n) is 3.63. The predicted molar refractivity (Wildman–Crippen MR) is 96.9 cm³/mol. The van der Waals surface area contributed by atoms with Gasteiger partial charge in [0.15, 0.2) is 17.1 Å². The molecule has 1 aromatic heterocycles. The normalized spacial score (nSPS) is 11.0. The quantitative estimate of drug-likeness (QED) is 0.558. The second-order valence-corrected chi connectivity index (χ2v) is 5.49. The van der Waals surface area contributed by atoms with Gasteiger partial charge in [0.1, 0.15) is 0 Å². The molecule has 1 amide bonds. The minimum atomic E-state index is -0.232. The van der Waals surface area contributed by atoms with E-state index in [0.717, 1.165) is 10.9 Å². The number of hydrogen-bond acceptors (Lipinski definition) is 4. The lowest BCUT2D eigenvalue weighted by atomic mass is 10.1. The van der Waals surface area contributed by atoms with Crippen LogP contribution in [0.2, 0.25) is 0 Å². The molecule has 3 rings (SSSR count). The summed E-state index contributed by atoms with van der Waals surface area (Å²) in [5.74, 6) is 0.489. The second kappa shape index (κ2) is 7.05. The smallest absolute Gasteiger partial charge is 0.221 e. The van der Waals surface area contributed by atoms with Gasteiger partial charge in [0.25, 0.3) is 0 Å². The summed E-state index contributed by atoms with van der Waals surface area (Å²) in [5.41, 5.74) is 2.11. The van der Waals surface area contributed by atoms with E-state index in [-0.39, 0.29) is 17.5 Å². The highest BCUT2D eigenvalue weighted by atomic mass is 16.5. The maximum absolute atomic E-state index is 12.3. The molecule has 0 spiro atoms. The number of hydrogen-bond donors (Lipinski definition) is 1. The van der Waals surface area contributed by atoms with E-state index >= 15 is 0 Å². The number of nitrogens with one attached hydrogen (secondary N) is 1. The zero-order valence-electron chi connectivity index (χ0n) is 13.9. The average molecular weight is 335 g/mol. The number of carbonyl (C=O) groups excluding carboxylic acids is 2. The molecule has 25 heavy (non-hydrogen) atoms. The number of allylic oxidation sites excluding steroid dienone is 1. The van der Waals surface area contributed by atoms with Gasteiger partial charge < -0.3 is 14.5 Å². The van der Waals surface area contributed by atoms with Gasteiger partial charge in [-0.1, -0.05) is 30.3 Å². The first-order valence-electron chi connectivity index (χ1n) is 7.73. The fourth-order valence-electron chi connectivity index (χ4n) is 2.45. The van der Waals surface area contributed by atoms with Crippen LogP contribution >= 0.6 is 0 Å². The van der Waals surface area contributed by atoms with E-state index in [1.165, 1.54) is 13.0 Å². The minimum Gasteiger partial charge on any atom is -0.493 e. The Morgan fingerprint density at radius 2 is 1.88 bits per heavy atom. The van der Waals surface area contributed by atoms with Crippen LogP contribution in [0.25, 0.3) is 17.0 Å². The van der Waals surface area contributed by atoms with E-state index < -0.39 is 0 Å². The molecule has 0 fully saturated rings. The molecule has 3 aromatic rings. The SMILES string of the molecule is COc1cccc2cc(C(=O)C=Cc3ccc(NC(C)=O)cc3)oc12. The standard InChI is InChI=1S/C20H17NO4/c1-13(22)21-16-9-6-14(7-10-16)8-11-17(23)19-12-15-4-3-5-18(24-2)20(15)25-19/h3-12H,1-2H3,(H,21,22). The van der Waals surface area contributed by atoms with Crippen molar-refractivity contribution in [2.24, 2.45) is 0 Å². The fourth-order valence-corrected chi connectivity index (χ4v) is 2.45. The highest BCUT2D eigenvalue weighted by Crippen LogP contribution is 2.28. The van der Waals surface area contributed by atoms with Gasteiger partial charge in [-0.05, 0) is 35.9 Å². The molecule has 1 N–H and O–H groups in total. The first-order chi connectivity index (χ1) is 12.1. The largest absolute Gasteiger partial charge is 0.493 e. The van der Waals surface area contributed by atoms with Crippen molar-refractivity contribution in [2.75, 3.05) is 12.4 Å². The number of benzene rings is 2. The molecule has 1 heterocycles. The van der Waals surface area contributed by atoms with Crippen LogP contribution in [0, 0.1) is 0 Å². The fraction of sp³-hybridized carbons (Fsp3) is 0.100. The number of carbonyl (C=O) groups is 2. The van der Waals surface area contributed by atoms with Crippen LogP contribution in [0.5, 0.6) is 5.75 Å². The lowest BCUT2D eigenvalue weighted by molar-refractivity contribution is -0.114. The van der Waals surface area contributed by atoms with Gasteiger partial charge in [-0.2, -0.15) is 0 Å². The van der Waals surface area contributed by atoms with Crippen molar-refractivity contribution >= 4 is 34.4 Å². The molecule has 126 valence electrons. The van der Waals surface area contributed by atoms with Crippen LogP contribution in [0.15, 0.2) is 59.0 Å². The molecular formula is C20H17NO4. The maximum Gasteiger partial charge on any atom is 0.221 e. The van der Waals surface area contributed by atoms with Crippen LogP contribution in [0.3, 0.4) is 0 Å². The summed E-state index contributed by atoms with van der Waals surface area (Å²) in [4.78, 5) is 23.3. The number of ketones is 1. The highest BCUT2D eigenvalue weighted by Gasteiger charge is 2.12. The molecule has 0 saturated carbocycles. The van der Waals surface area contributed by atoms with Gasteiger partial charge in [0, 0.05) is 18.0 Å². The maximum atomic E-state index is 12.3. The van der Waals surface area contributed by atoms with Gasteiger partial charge in [-0.3, -0.25) is 9.59 Å². The highest BCUT2D eigenvalue weighted by molar-refractivity contribution is 6.07. The summed E-state index contributed by atoms with van der Waals surface area (Å²) < 4.78 is 10.9. The molecule has 0 unspecified atom stereocenters. The lowest BCUT2D eigenvalue weighted by Gasteiger charge is -2.01. The Kier molecular flexibility index (Phi) is 4.66. The van der Waals surface area contributed by atoms with Crippen molar-refractivity contribution in [2.45, 2.75) is 6.92 Å². The molecule has 5 nitrogen and oxygen atoms in total. The summed E-state index contributed by atoms with van der Waals surface area (Å²) in [6.07, 6.45) is 3.15. The molecule has 5 heteroatoms. The topological polar surface area (TPSA) is 68.5 Å². The number of para-hydroxylation sites is 1. The minimum absolute atomic E-state index is 0.126. The van der Waals surface area contributed by atoms with E-state index in [9.17, 15) is 9.59 Å². The van der Waals surface area contributed by atoms with Gasteiger partial charge in [-0.25, -0.2) is 0 Å². The lowest BCUT2D eigenvalue weighted by Crippen LogP contribution is -2.05. The molecular weight excluding hydrogens is 318 g/mol. The Balaban J connectivity index is 1.77. The Morgan fingerprint density at radius 3 is 2.56 bits per heavy atom. The molecule has 0 aliphatic rings. The van der Waals surface area contributed by atoms with Crippen molar-refractivity contribution in [3.05, 3.63) is 65.9 Å². The number of fused-ring (bicyclic) bond motifs is 1. The predicted octanol–water partition coefficient (Wildman–Crippen LogP) is 4.30. The summed E-state index contributed by atoms with van der Waals surface area (Å²) in [6.45, 7) is 1.45. The molecule has 0 atom stereocenters. The number of anilines is 1. The average Bonchev–Trinajstić information content (AvgIpc) is 3.04. The van der Waals surface area contributed by atoms with Crippen LogP contribution in [-0.4, -0.2) is 18.8 Å². The Hall–Kier alpha value is -3.34. The van der Waals surface area contributed by atoms with E-state index in [4.69, 9.17) is 9.15 Å². The summed E-state index contributed by atoms with van der Waals surface area (Å²) in [5, 5.41) is 3.51. The van der Waals surface area contributed by atoms with E-state index in [2.05, 4.69) is 5.32 Å². The third-order valence-corrected chi connectivity index (χ3v) is 3.63. The summed E-state index contributed by atoms with van der Waals surface area (Å²) in [6, 6.07) is 14.4. The molecule has 0 aliphatic heterocycles. The Bertz CT molecular complexity index is 951. The molecule has 0 aliphatic carbocycles. The number of rotatable bonds is 5. The number of ether oxygens (including phenoxy) is 1. The van der Waals surface area contributed by atoms with Gasteiger partial charge >= 0.3 is 0 Å². The number of methoxy groups -OCH3 is 1. The van der Waals surface area contributed by atoms with Gasteiger partial charge in [0.2, 0.25) is 11.7 Å². The zero-order chi connectivity index (χ0) is 17.8. The van der Waals surface area contributed by atoms with Crippen LogP contribution in [0.4, 0.5) is 5.69 Å². The van der Waals surface area contributed by atoms with Gasteiger partial charge in [-0.15, -0.1) is 0 Å². The van der Waals surface area contributed by atoms with E-state index in [0.29, 0.717) is 17.0 Å². The zero-order valence-corrected chi connectivity index (χ0v) is 13.9. The molecule has 0 radical (unpaired) electrons. The van der Waals surface area contributed by atoms with Crippen LogP contribution in [-0.2, 0) is 4.79 Å². The third kappa shape index (κ3) is 3.77. The van der Waals surface area contributed by atoms with E-state index in [1.807, 2.05) is 24.3 Å². The number of amides is 1. The first kappa shape index (κ1) is 16.5. The molecule has 2 aromatic carbocycles. The monoisotopic (exact) mass is 335 g/mol.